The van der Waals surface area contributed by atoms with Crippen LogP contribution in [0, 0.1) is 13.8 Å². The summed E-state index contributed by atoms with van der Waals surface area (Å²) in [5.74, 6) is -0.840. The summed E-state index contributed by atoms with van der Waals surface area (Å²) in [6.45, 7) is 14.6. The molecule has 1 aromatic heterocycles. The lowest BCUT2D eigenvalue weighted by Crippen LogP contribution is -2.36. The van der Waals surface area contributed by atoms with E-state index in [2.05, 4.69) is 20.8 Å². The Morgan fingerprint density at radius 3 is 2.06 bits per heavy atom. The fourth-order valence-corrected chi connectivity index (χ4v) is 3.94. The number of hydrogen-bond donors (Lipinski definition) is 0. The lowest BCUT2D eigenvalue weighted by molar-refractivity contribution is 0.0587. The highest BCUT2D eigenvalue weighted by atomic mass is 16.5. The molecule has 0 N–H and O–H groups in total. The third kappa shape index (κ3) is 4.89. The molecule has 0 spiro atoms. The largest absolute Gasteiger partial charge is 0.464 e. The van der Waals surface area contributed by atoms with Gasteiger partial charge in [0.2, 0.25) is 0 Å². The van der Waals surface area contributed by atoms with E-state index in [9.17, 15) is 14.4 Å². The van der Waals surface area contributed by atoms with Crippen molar-refractivity contribution in [1.29, 1.82) is 0 Å². The molecule has 0 atom stereocenters. The van der Waals surface area contributed by atoms with Crippen molar-refractivity contribution in [3.8, 4) is 0 Å². The number of nitrogens with zero attached hydrogens (tertiary/aromatic N) is 2. The maximum atomic E-state index is 13.2. The average Bonchev–Trinajstić information content (AvgIpc) is 2.99. The van der Waals surface area contributed by atoms with Gasteiger partial charge < -0.3 is 14.2 Å². The van der Waals surface area contributed by atoms with Gasteiger partial charge in [0, 0.05) is 29.9 Å². The molecule has 1 heterocycles. The number of esters is 1. The standard InChI is InChI=1S/C25H34N2O4/c1-9-26(23(29)18-11-13-19(14-12-18)25(5,6)7)15-20(28)21-16(3)22(24(30)31-8)27(10-2)17(21)4/h11-14H,9-10,15H2,1-8H3. The molecule has 0 aliphatic heterocycles. The quantitative estimate of drug-likeness (QED) is 0.481. The number of ether oxygens (including phenoxy) is 1. The van der Waals surface area contributed by atoms with E-state index in [-0.39, 0.29) is 23.7 Å². The minimum Gasteiger partial charge on any atom is -0.464 e. The first kappa shape index (κ1) is 24.4. The van der Waals surface area contributed by atoms with Crippen LogP contribution in [0.4, 0.5) is 0 Å². The zero-order chi connectivity index (χ0) is 23.5. The minimum absolute atomic E-state index is 0.000814. The van der Waals surface area contributed by atoms with Crippen LogP contribution in [0.15, 0.2) is 24.3 Å². The Kier molecular flexibility index (Phi) is 7.47. The molecule has 2 aromatic rings. The second kappa shape index (κ2) is 9.50. The first-order valence-corrected chi connectivity index (χ1v) is 10.7. The number of benzene rings is 1. The molecule has 0 aliphatic rings. The van der Waals surface area contributed by atoms with E-state index in [1.54, 1.807) is 11.5 Å². The number of carbonyl (C=O) groups is 3. The van der Waals surface area contributed by atoms with E-state index in [4.69, 9.17) is 4.74 Å². The molecule has 0 saturated heterocycles. The van der Waals surface area contributed by atoms with Crippen LogP contribution in [0.3, 0.4) is 0 Å². The Morgan fingerprint density at radius 2 is 1.61 bits per heavy atom. The summed E-state index contributed by atoms with van der Waals surface area (Å²) in [5.41, 5.74) is 3.87. The highest BCUT2D eigenvalue weighted by Crippen LogP contribution is 2.25. The highest BCUT2D eigenvalue weighted by molar-refractivity contribution is 6.06. The summed E-state index contributed by atoms with van der Waals surface area (Å²) in [7, 11) is 1.33. The highest BCUT2D eigenvalue weighted by Gasteiger charge is 2.28. The predicted molar refractivity (Wildman–Crippen MR) is 122 cm³/mol. The molecule has 0 radical (unpaired) electrons. The molecule has 0 saturated carbocycles. The van der Waals surface area contributed by atoms with Gasteiger partial charge in [0.25, 0.3) is 5.91 Å². The normalized spacial score (nSPS) is 11.4. The molecule has 6 nitrogen and oxygen atoms in total. The second-order valence-electron chi connectivity index (χ2n) is 8.74. The molecule has 168 valence electrons. The lowest BCUT2D eigenvalue weighted by Gasteiger charge is -2.22. The predicted octanol–water partition coefficient (Wildman–Crippen LogP) is 4.55. The third-order valence-corrected chi connectivity index (χ3v) is 5.74. The summed E-state index contributed by atoms with van der Waals surface area (Å²) in [6.07, 6.45) is 0. The summed E-state index contributed by atoms with van der Waals surface area (Å²) >= 11 is 0. The van der Waals surface area contributed by atoms with Crippen molar-refractivity contribution >= 4 is 17.7 Å². The SMILES string of the molecule is CCN(CC(=O)c1c(C)c(C(=O)OC)n(CC)c1C)C(=O)c1ccc(C(C)(C)C)cc1. The molecule has 0 unspecified atom stereocenters. The van der Waals surface area contributed by atoms with Crippen LogP contribution in [0.1, 0.15) is 82.6 Å². The first-order chi connectivity index (χ1) is 14.5. The third-order valence-electron chi connectivity index (χ3n) is 5.74. The first-order valence-electron chi connectivity index (χ1n) is 10.7. The topological polar surface area (TPSA) is 68.6 Å². The molecular formula is C25H34N2O4. The van der Waals surface area contributed by atoms with Crippen LogP contribution in [0.2, 0.25) is 0 Å². The van der Waals surface area contributed by atoms with E-state index >= 15 is 0 Å². The Labute approximate surface area is 185 Å². The number of likely N-dealkylation sites (N-methyl/N-ethyl adjacent to an activating group) is 1. The van der Waals surface area contributed by atoms with Gasteiger partial charge in [-0.1, -0.05) is 32.9 Å². The smallest absolute Gasteiger partial charge is 0.354 e. The molecule has 1 amide bonds. The average molecular weight is 427 g/mol. The summed E-state index contributed by atoms with van der Waals surface area (Å²) < 4.78 is 6.69. The monoisotopic (exact) mass is 426 g/mol. The van der Waals surface area contributed by atoms with E-state index in [1.165, 1.54) is 12.0 Å². The van der Waals surface area contributed by atoms with Crippen molar-refractivity contribution < 1.29 is 19.1 Å². The van der Waals surface area contributed by atoms with Crippen molar-refractivity contribution in [2.45, 2.75) is 60.4 Å². The maximum Gasteiger partial charge on any atom is 0.354 e. The van der Waals surface area contributed by atoms with Crippen LogP contribution >= 0.6 is 0 Å². The minimum atomic E-state index is -0.469. The molecule has 6 heteroatoms. The Bertz CT molecular complexity index is 978. The Hall–Kier alpha value is -2.89. The van der Waals surface area contributed by atoms with Crippen molar-refractivity contribution in [2.75, 3.05) is 20.2 Å². The van der Waals surface area contributed by atoms with Gasteiger partial charge in [-0.15, -0.1) is 0 Å². The van der Waals surface area contributed by atoms with E-state index < -0.39 is 5.97 Å². The Morgan fingerprint density at radius 1 is 1.03 bits per heavy atom. The lowest BCUT2D eigenvalue weighted by atomic mass is 9.86. The van der Waals surface area contributed by atoms with Gasteiger partial charge in [-0.2, -0.15) is 0 Å². The molecular weight excluding hydrogens is 392 g/mol. The fourth-order valence-electron chi connectivity index (χ4n) is 3.94. The number of aromatic nitrogens is 1. The fraction of sp³-hybridized carbons (Fsp3) is 0.480. The summed E-state index contributed by atoms with van der Waals surface area (Å²) in [5, 5.41) is 0. The number of hydrogen-bond acceptors (Lipinski definition) is 4. The summed E-state index contributed by atoms with van der Waals surface area (Å²) in [6, 6.07) is 7.55. The van der Waals surface area contributed by atoms with Gasteiger partial charge in [0.15, 0.2) is 5.78 Å². The van der Waals surface area contributed by atoms with Gasteiger partial charge in [0.1, 0.15) is 5.69 Å². The zero-order valence-corrected chi connectivity index (χ0v) is 20.0. The van der Waals surface area contributed by atoms with Crippen LogP contribution in [-0.4, -0.2) is 47.3 Å². The molecule has 31 heavy (non-hydrogen) atoms. The van der Waals surface area contributed by atoms with Crippen molar-refractivity contribution in [3.05, 3.63) is 57.9 Å². The van der Waals surface area contributed by atoms with Crippen molar-refractivity contribution in [1.82, 2.24) is 9.47 Å². The van der Waals surface area contributed by atoms with Crippen molar-refractivity contribution in [3.63, 3.8) is 0 Å². The van der Waals surface area contributed by atoms with Crippen molar-refractivity contribution in [2.24, 2.45) is 0 Å². The molecule has 0 aliphatic carbocycles. The van der Waals surface area contributed by atoms with Gasteiger partial charge in [-0.3, -0.25) is 9.59 Å². The van der Waals surface area contributed by atoms with Gasteiger partial charge in [0.05, 0.1) is 13.7 Å². The van der Waals surface area contributed by atoms with Gasteiger partial charge >= 0.3 is 5.97 Å². The van der Waals surface area contributed by atoms with Gasteiger partial charge in [-0.25, -0.2) is 4.79 Å². The van der Waals surface area contributed by atoms with Crippen LogP contribution < -0.4 is 0 Å². The number of methoxy groups -OCH3 is 1. The Balaban J connectivity index is 2.32. The van der Waals surface area contributed by atoms with Crippen LogP contribution in [0.5, 0.6) is 0 Å². The molecule has 0 fully saturated rings. The van der Waals surface area contributed by atoms with E-state index in [0.717, 1.165) is 5.56 Å². The number of rotatable bonds is 7. The van der Waals surface area contributed by atoms with Crippen LogP contribution in [0.25, 0.3) is 0 Å². The van der Waals surface area contributed by atoms with E-state index in [1.807, 2.05) is 45.0 Å². The van der Waals surface area contributed by atoms with Gasteiger partial charge in [-0.05, 0) is 56.4 Å². The number of ketones is 1. The molecule has 0 bridgehead atoms. The molecule has 1 aromatic carbocycles. The number of Topliss-reactive ketones (excluding diaryl/α,β-unsaturated/α-hetero) is 1. The number of carbonyl (C=O) groups excluding carboxylic acids is 3. The molecule has 2 rings (SSSR count). The van der Waals surface area contributed by atoms with Crippen LogP contribution in [-0.2, 0) is 16.7 Å². The van der Waals surface area contributed by atoms with E-state index in [0.29, 0.717) is 41.2 Å². The maximum absolute atomic E-state index is 13.2. The number of amides is 1. The second-order valence-corrected chi connectivity index (χ2v) is 8.74. The zero-order valence-electron chi connectivity index (χ0n) is 20.0. The summed E-state index contributed by atoms with van der Waals surface area (Å²) in [4.78, 5) is 40.0.